The van der Waals surface area contributed by atoms with Gasteiger partial charge in [0.25, 0.3) is 0 Å². The third-order valence-electron chi connectivity index (χ3n) is 7.63. The van der Waals surface area contributed by atoms with E-state index in [1.807, 2.05) is 13.8 Å². The third kappa shape index (κ3) is 29.4. The van der Waals surface area contributed by atoms with Gasteiger partial charge in [0.05, 0.1) is 47.4 Å². The molecule has 1 atom stereocenters. The molecule has 0 aromatic rings. The summed E-state index contributed by atoms with van der Waals surface area (Å²) in [7, 11) is 8.05. The first-order valence-corrected chi connectivity index (χ1v) is 17.3. The number of rotatable bonds is 28. The van der Waals surface area contributed by atoms with Gasteiger partial charge in [-0.25, -0.2) is 9.59 Å². The summed E-state index contributed by atoms with van der Waals surface area (Å²) in [5, 5.41) is 2.49. The summed E-state index contributed by atoms with van der Waals surface area (Å²) < 4.78 is 17.8. The average molecular weight is 681 g/mol. The molecule has 0 heterocycles. The summed E-state index contributed by atoms with van der Waals surface area (Å²) in [5.41, 5.74) is 0. The van der Waals surface area contributed by atoms with Crippen molar-refractivity contribution >= 4 is 12.2 Å². The molecule has 0 fully saturated rings. The molecule has 0 saturated carbocycles. The molecule has 2 amide bonds. The number of carbonyl (C=O) groups excluding carboxylic acids is 2. The van der Waals surface area contributed by atoms with Crippen LogP contribution in [-0.4, -0.2) is 94.8 Å². The van der Waals surface area contributed by atoms with E-state index in [0.717, 1.165) is 36.7 Å². The van der Waals surface area contributed by atoms with E-state index in [1.54, 1.807) is 4.90 Å². The van der Waals surface area contributed by atoms with E-state index < -0.39 is 12.2 Å². The lowest BCUT2D eigenvalue weighted by Gasteiger charge is -2.30. The lowest BCUT2D eigenvalue weighted by molar-refractivity contribution is -0.870. The molecule has 43 heavy (non-hydrogen) atoms. The number of carbonyl (C=O) groups is 2. The molecule has 0 aliphatic rings. The van der Waals surface area contributed by atoms with Gasteiger partial charge in [0.1, 0.15) is 6.10 Å². The van der Waals surface area contributed by atoms with E-state index in [1.165, 1.54) is 96.9 Å². The van der Waals surface area contributed by atoms with E-state index in [4.69, 9.17) is 14.2 Å². The van der Waals surface area contributed by atoms with E-state index in [9.17, 15) is 9.59 Å². The summed E-state index contributed by atoms with van der Waals surface area (Å²) >= 11 is 0. The Balaban J connectivity index is 0. The summed E-state index contributed by atoms with van der Waals surface area (Å²) in [6.45, 7) is 8.74. The minimum Gasteiger partial charge on any atom is -1.00 e. The van der Waals surface area contributed by atoms with Gasteiger partial charge < -0.3 is 45.9 Å². The Morgan fingerprint density at radius 1 is 0.721 bits per heavy atom. The molecule has 0 rings (SSSR count). The van der Waals surface area contributed by atoms with Crippen molar-refractivity contribution in [3.8, 4) is 0 Å². The first-order chi connectivity index (χ1) is 20.1. The van der Waals surface area contributed by atoms with Crippen molar-refractivity contribution in [2.45, 2.75) is 148 Å². The van der Waals surface area contributed by atoms with Crippen molar-refractivity contribution in [3.05, 3.63) is 0 Å². The van der Waals surface area contributed by atoms with Gasteiger partial charge in [-0.15, -0.1) is 0 Å². The van der Waals surface area contributed by atoms with Crippen molar-refractivity contribution in [2.24, 2.45) is 0 Å². The standard InChI is InChI=1S/C34H69N3O5.BrH/c1-8-9-10-11-12-13-14-15-16-17-18-19-20-21-22-24-28-41-34(39)36(31(2)3)29-32(42-33(38)35-4)30-40-27-25-23-26-37(5,6)7;/h31-32H,8-30H2,1-7H3;1H. The van der Waals surface area contributed by atoms with Crippen molar-refractivity contribution in [1.29, 1.82) is 0 Å². The summed E-state index contributed by atoms with van der Waals surface area (Å²) in [6, 6.07) is -0.0800. The average Bonchev–Trinajstić information content (AvgIpc) is 2.93. The van der Waals surface area contributed by atoms with Crippen LogP contribution in [0.4, 0.5) is 9.59 Å². The number of alkyl carbamates (subject to hydrolysis) is 1. The fraction of sp³-hybridized carbons (Fsp3) is 0.941. The number of nitrogens with one attached hydrogen (secondary N) is 1. The number of quaternary nitrogens is 1. The van der Waals surface area contributed by atoms with E-state index in [2.05, 4.69) is 33.4 Å². The van der Waals surface area contributed by atoms with Crippen LogP contribution >= 0.6 is 0 Å². The molecule has 0 aliphatic carbocycles. The Bertz CT molecular complexity index is 646. The highest BCUT2D eigenvalue weighted by Gasteiger charge is 2.25. The van der Waals surface area contributed by atoms with Crippen LogP contribution in [-0.2, 0) is 14.2 Å². The maximum absolute atomic E-state index is 12.9. The smallest absolute Gasteiger partial charge is 0.410 e. The van der Waals surface area contributed by atoms with Gasteiger partial charge in [-0.05, 0) is 33.1 Å². The second kappa shape index (κ2) is 29.6. The fourth-order valence-corrected chi connectivity index (χ4v) is 4.95. The molecule has 0 aromatic carbocycles. The Hall–Kier alpha value is -1.06. The SMILES string of the molecule is CCCCCCCCCCCCCCCCCCOC(=O)N(CC(COCCCC[N+](C)(C)C)OC(=O)NC)C(C)C.[Br-]. The van der Waals surface area contributed by atoms with Gasteiger partial charge in [-0.2, -0.15) is 0 Å². The molecule has 258 valence electrons. The first kappa shape index (κ1) is 44.1. The third-order valence-corrected chi connectivity index (χ3v) is 7.63. The molecule has 1 N–H and O–H groups in total. The molecule has 0 bridgehead atoms. The molecule has 0 radical (unpaired) electrons. The van der Waals surface area contributed by atoms with Crippen LogP contribution in [0.25, 0.3) is 0 Å². The van der Waals surface area contributed by atoms with E-state index >= 15 is 0 Å². The van der Waals surface area contributed by atoms with Crippen LogP contribution in [0.3, 0.4) is 0 Å². The molecular formula is C34H70BrN3O5. The van der Waals surface area contributed by atoms with Gasteiger partial charge >= 0.3 is 12.2 Å². The zero-order valence-electron chi connectivity index (χ0n) is 29.2. The number of unbranched alkanes of at least 4 members (excludes halogenated alkanes) is 16. The number of nitrogens with zero attached hydrogens (tertiary/aromatic N) is 2. The number of hydrogen-bond acceptors (Lipinski definition) is 5. The summed E-state index contributed by atoms with van der Waals surface area (Å²) in [4.78, 5) is 26.4. The van der Waals surface area contributed by atoms with Gasteiger partial charge in [0.15, 0.2) is 0 Å². The van der Waals surface area contributed by atoms with Gasteiger partial charge in [0, 0.05) is 19.7 Å². The first-order valence-electron chi connectivity index (χ1n) is 17.3. The number of halogens is 1. The van der Waals surface area contributed by atoms with Gasteiger partial charge in [-0.1, -0.05) is 103 Å². The molecule has 0 aliphatic heterocycles. The van der Waals surface area contributed by atoms with Gasteiger partial charge in [0.2, 0.25) is 0 Å². The summed E-state index contributed by atoms with van der Waals surface area (Å²) in [5.74, 6) is 0. The lowest BCUT2D eigenvalue weighted by Crippen LogP contribution is -3.00. The van der Waals surface area contributed by atoms with Crippen molar-refractivity contribution in [3.63, 3.8) is 0 Å². The number of ether oxygens (including phenoxy) is 3. The Kier molecular flexibility index (Phi) is 30.4. The van der Waals surface area contributed by atoms with E-state index in [-0.39, 0.29) is 42.3 Å². The highest BCUT2D eigenvalue weighted by atomic mass is 79.9. The number of amides is 2. The lowest BCUT2D eigenvalue weighted by atomic mass is 10.0. The van der Waals surface area contributed by atoms with E-state index in [0.29, 0.717) is 13.2 Å². The molecule has 1 unspecified atom stereocenters. The van der Waals surface area contributed by atoms with Crippen molar-refractivity contribution in [1.82, 2.24) is 10.2 Å². The van der Waals surface area contributed by atoms with Crippen LogP contribution in [0.2, 0.25) is 0 Å². The molecule has 8 nitrogen and oxygen atoms in total. The minimum atomic E-state index is -0.561. The summed E-state index contributed by atoms with van der Waals surface area (Å²) in [6.07, 6.45) is 21.6. The highest BCUT2D eigenvalue weighted by molar-refractivity contribution is 5.68. The molecule has 0 spiro atoms. The molecular weight excluding hydrogens is 610 g/mol. The predicted octanol–water partition coefficient (Wildman–Crippen LogP) is 5.33. The monoisotopic (exact) mass is 679 g/mol. The van der Waals surface area contributed by atoms with Crippen LogP contribution in [0.1, 0.15) is 136 Å². The van der Waals surface area contributed by atoms with Crippen LogP contribution in [0.5, 0.6) is 0 Å². The molecule has 9 heteroatoms. The second-order valence-corrected chi connectivity index (χ2v) is 13.2. The molecule has 0 saturated heterocycles. The molecule has 0 aromatic heterocycles. The van der Waals surface area contributed by atoms with Gasteiger partial charge in [-0.3, -0.25) is 0 Å². The maximum atomic E-state index is 12.9. The zero-order valence-corrected chi connectivity index (χ0v) is 30.8. The van der Waals surface area contributed by atoms with Crippen molar-refractivity contribution < 1.29 is 45.3 Å². The van der Waals surface area contributed by atoms with Crippen molar-refractivity contribution in [2.75, 3.05) is 61.1 Å². The topological polar surface area (TPSA) is 77.1 Å². The van der Waals surface area contributed by atoms with Crippen LogP contribution in [0.15, 0.2) is 0 Å². The quantitative estimate of drug-likeness (QED) is 0.0894. The second-order valence-electron chi connectivity index (χ2n) is 13.2. The Morgan fingerprint density at radius 3 is 1.63 bits per heavy atom. The van der Waals surface area contributed by atoms with Crippen LogP contribution < -0.4 is 22.3 Å². The fourth-order valence-electron chi connectivity index (χ4n) is 4.95. The normalized spacial score (nSPS) is 12.1. The Labute approximate surface area is 276 Å². The maximum Gasteiger partial charge on any atom is 0.410 e. The largest absolute Gasteiger partial charge is 1.00 e. The zero-order chi connectivity index (χ0) is 31.5. The predicted molar refractivity (Wildman–Crippen MR) is 175 cm³/mol. The highest BCUT2D eigenvalue weighted by Crippen LogP contribution is 2.14. The Morgan fingerprint density at radius 2 is 1.19 bits per heavy atom. The number of hydrogen-bond donors (Lipinski definition) is 1. The minimum absolute atomic E-state index is 0. The van der Waals surface area contributed by atoms with Crippen LogP contribution in [0, 0.1) is 0 Å².